The van der Waals surface area contributed by atoms with E-state index >= 15 is 0 Å². The van der Waals surface area contributed by atoms with Crippen molar-refractivity contribution in [2.75, 3.05) is 14.6 Å². The van der Waals surface area contributed by atoms with Crippen LogP contribution in [0.1, 0.15) is 123 Å². The SMILES string of the molecule is CC(C)(C)c1ccc(N2B3c4cc5oc6ccccc6c5cc4N(c4ccc(C(C)(C)C)cc4-c4ccccc4)C(c4ccccc4)C3Cc3cc(N(c4ccc(C(C)(C)C)cc4)c4ccc(C(C)(C)C)cc4)ccc32)cc1. The summed E-state index contributed by atoms with van der Waals surface area (Å²) in [6.45, 7) is 27.6. The number of furan rings is 1. The van der Waals surface area contributed by atoms with Gasteiger partial charge in [-0.3, -0.25) is 0 Å². The highest BCUT2D eigenvalue weighted by atomic mass is 16.3. The molecule has 2 aliphatic heterocycles. The summed E-state index contributed by atoms with van der Waals surface area (Å²) in [5.74, 6) is 0.0586. The molecule has 3 heterocycles. The molecule has 0 saturated carbocycles. The van der Waals surface area contributed by atoms with E-state index in [-0.39, 0.29) is 40.4 Å². The van der Waals surface area contributed by atoms with Crippen LogP contribution < -0.4 is 20.1 Å². The number of fused-ring (bicyclic) bond motifs is 7. The van der Waals surface area contributed by atoms with Gasteiger partial charge in [-0.15, -0.1) is 0 Å². The average Bonchev–Trinajstić information content (AvgIpc) is 3.93. The molecule has 0 aliphatic carbocycles. The Morgan fingerprint density at radius 3 is 1.54 bits per heavy atom. The number of hydrogen-bond acceptors (Lipinski definition) is 4. The van der Waals surface area contributed by atoms with Gasteiger partial charge < -0.3 is 19.0 Å². The highest BCUT2D eigenvalue weighted by Crippen LogP contribution is 2.56. The summed E-state index contributed by atoms with van der Waals surface area (Å²) in [7, 11) is 0. The summed E-state index contributed by atoms with van der Waals surface area (Å²) in [6.07, 6.45) is 0.832. The molecule has 12 rings (SSSR count). The van der Waals surface area contributed by atoms with Crippen molar-refractivity contribution in [2.24, 2.45) is 0 Å². The molecule has 78 heavy (non-hydrogen) atoms. The van der Waals surface area contributed by atoms with Gasteiger partial charge in [0.05, 0.1) is 6.04 Å². The van der Waals surface area contributed by atoms with Gasteiger partial charge in [-0.2, -0.15) is 0 Å². The maximum absolute atomic E-state index is 6.90. The summed E-state index contributed by atoms with van der Waals surface area (Å²) < 4.78 is 6.90. The number of para-hydroxylation sites is 1. The van der Waals surface area contributed by atoms with Crippen LogP contribution in [0.25, 0.3) is 33.1 Å². The van der Waals surface area contributed by atoms with Gasteiger partial charge in [0.2, 0.25) is 0 Å². The Hall–Kier alpha value is -7.76. The third-order valence-electron chi connectivity index (χ3n) is 16.9. The third kappa shape index (κ3) is 9.19. The second-order valence-corrected chi connectivity index (χ2v) is 26.3. The fourth-order valence-corrected chi connectivity index (χ4v) is 12.5. The first-order valence-corrected chi connectivity index (χ1v) is 28.2. The maximum atomic E-state index is 6.90. The minimum atomic E-state index is -0.0820. The molecule has 5 heteroatoms. The van der Waals surface area contributed by atoms with Crippen LogP contribution in [0.5, 0.6) is 0 Å². The van der Waals surface area contributed by atoms with Crippen LogP contribution in [0.3, 0.4) is 0 Å². The molecule has 0 saturated heterocycles. The van der Waals surface area contributed by atoms with E-state index in [1.165, 1.54) is 72.7 Å². The molecule has 0 amide bonds. The lowest BCUT2D eigenvalue weighted by Crippen LogP contribution is -2.60. The predicted molar refractivity (Wildman–Crippen MR) is 334 cm³/mol. The number of nitrogens with zero attached hydrogens (tertiary/aromatic N) is 3. The molecule has 2 aliphatic rings. The first kappa shape index (κ1) is 51.0. The van der Waals surface area contributed by atoms with Crippen LogP contribution in [0, 0.1) is 0 Å². The molecule has 9 aromatic carbocycles. The molecule has 10 aromatic rings. The van der Waals surface area contributed by atoms with Gasteiger partial charge in [-0.25, -0.2) is 0 Å². The monoisotopic (exact) mass is 1020 g/mol. The van der Waals surface area contributed by atoms with Gasteiger partial charge in [0, 0.05) is 56.1 Å². The fraction of sp³-hybridized carbons (Fsp3) is 0.260. The van der Waals surface area contributed by atoms with Gasteiger partial charge >= 0.3 is 6.85 Å². The van der Waals surface area contributed by atoms with Crippen LogP contribution in [0.15, 0.2) is 211 Å². The molecule has 0 radical (unpaired) electrons. The Labute approximate surface area is 464 Å². The van der Waals surface area contributed by atoms with E-state index < -0.39 is 0 Å². The first-order valence-electron chi connectivity index (χ1n) is 28.2. The van der Waals surface area contributed by atoms with Crippen molar-refractivity contribution in [3.8, 4) is 11.1 Å². The largest absolute Gasteiger partial charge is 0.456 e. The topological polar surface area (TPSA) is 22.9 Å². The first-order chi connectivity index (χ1) is 37.2. The summed E-state index contributed by atoms with van der Waals surface area (Å²) >= 11 is 0. The summed E-state index contributed by atoms with van der Waals surface area (Å²) in [5.41, 5.74) is 21.6. The number of anilines is 7. The van der Waals surface area contributed by atoms with Gasteiger partial charge in [0.1, 0.15) is 11.2 Å². The van der Waals surface area contributed by atoms with E-state index in [2.05, 4.69) is 304 Å². The van der Waals surface area contributed by atoms with E-state index in [9.17, 15) is 0 Å². The molecule has 1 aromatic heterocycles. The minimum Gasteiger partial charge on any atom is -0.456 e. The maximum Gasteiger partial charge on any atom is 0.302 e. The van der Waals surface area contributed by atoms with E-state index in [4.69, 9.17) is 4.42 Å². The van der Waals surface area contributed by atoms with E-state index in [0.29, 0.717) is 0 Å². The zero-order chi connectivity index (χ0) is 54.5. The van der Waals surface area contributed by atoms with Crippen molar-refractivity contribution in [1.29, 1.82) is 0 Å². The van der Waals surface area contributed by atoms with Gasteiger partial charge in [0.15, 0.2) is 0 Å². The molecular weight excluding hydrogens is 946 g/mol. The fourth-order valence-electron chi connectivity index (χ4n) is 12.5. The lowest BCUT2D eigenvalue weighted by atomic mass is 9.38. The Kier molecular flexibility index (Phi) is 12.4. The zero-order valence-corrected chi connectivity index (χ0v) is 47.8. The van der Waals surface area contributed by atoms with E-state index in [1.807, 2.05) is 0 Å². The van der Waals surface area contributed by atoms with Crippen molar-refractivity contribution in [2.45, 2.75) is 123 Å². The van der Waals surface area contributed by atoms with Crippen molar-refractivity contribution in [1.82, 2.24) is 0 Å². The van der Waals surface area contributed by atoms with Crippen LogP contribution >= 0.6 is 0 Å². The lowest BCUT2D eigenvalue weighted by molar-refractivity contribution is 0.588. The number of rotatable bonds is 7. The quantitative estimate of drug-likeness (QED) is 0.148. The van der Waals surface area contributed by atoms with E-state index in [0.717, 1.165) is 45.4 Å². The van der Waals surface area contributed by atoms with E-state index in [1.54, 1.807) is 0 Å². The minimum absolute atomic E-state index is 0.00234. The van der Waals surface area contributed by atoms with Crippen LogP contribution in [-0.2, 0) is 28.1 Å². The third-order valence-corrected chi connectivity index (χ3v) is 16.9. The van der Waals surface area contributed by atoms with Gasteiger partial charge in [-0.1, -0.05) is 204 Å². The molecule has 0 fully saturated rings. The Morgan fingerprint density at radius 1 is 0.436 bits per heavy atom. The Morgan fingerprint density at radius 2 is 0.949 bits per heavy atom. The van der Waals surface area contributed by atoms with Crippen LogP contribution in [0.2, 0.25) is 5.82 Å². The average molecular weight is 1020 g/mol. The molecule has 0 spiro atoms. The van der Waals surface area contributed by atoms with Crippen molar-refractivity contribution in [3.63, 3.8) is 0 Å². The molecular formula is C73H74BN3O. The smallest absolute Gasteiger partial charge is 0.302 e. The van der Waals surface area contributed by atoms with Crippen molar-refractivity contribution in [3.05, 3.63) is 240 Å². The highest BCUT2D eigenvalue weighted by Gasteiger charge is 2.52. The predicted octanol–water partition coefficient (Wildman–Crippen LogP) is 19.8. The van der Waals surface area contributed by atoms with Gasteiger partial charge in [-0.05, 0) is 163 Å². The van der Waals surface area contributed by atoms with Gasteiger partial charge in [0.25, 0.3) is 0 Å². The number of hydrogen-bond donors (Lipinski definition) is 0. The Bertz CT molecular complexity index is 3750. The molecule has 0 N–H and O–H groups in total. The molecule has 0 bridgehead atoms. The summed E-state index contributed by atoms with van der Waals surface area (Å²) in [5, 5.41) is 2.25. The second kappa shape index (κ2) is 19.0. The summed E-state index contributed by atoms with van der Waals surface area (Å²) in [4.78, 5) is 7.89. The second-order valence-electron chi connectivity index (χ2n) is 26.3. The van der Waals surface area contributed by atoms with Crippen molar-refractivity contribution >= 4 is 74.1 Å². The molecule has 2 atom stereocenters. The van der Waals surface area contributed by atoms with Crippen LogP contribution in [0.4, 0.5) is 39.8 Å². The van der Waals surface area contributed by atoms with Crippen molar-refractivity contribution < 1.29 is 4.42 Å². The highest BCUT2D eigenvalue weighted by molar-refractivity contribution is 6.82. The molecule has 4 nitrogen and oxygen atoms in total. The van der Waals surface area contributed by atoms with Crippen LogP contribution in [-0.4, -0.2) is 6.85 Å². The standard InChI is InChI=1S/C73H74BN3O/c1-70(2,3)51-27-34-55(35-28-51)75(56-36-29-52(30-37-56)71(4,5)6)58-40-42-64-50(43-58)44-63-69(49-23-17-14-18-24-49)76(65-41-33-54(73(10,11)12)45-60(65)48-21-15-13-16-22-48)66-46-61-59-25-19-20-26-67(59)78-68(61)47-62(66)74(63)77(64)57-38-31-53(32-39-57)72(7,8)9/h13-43,45-47,63,69H,44H2,1-12H3. The molecule has 390 valence electrons. The lowest BCUT2D eigenvalue weighted by Gasteiger charge is -2.53. The summed E-state index contributed by atoms with van der Waals surface area (Å²) in [6, 6.07) is 78.3. The number of benzene rings is 9. The zero-order valence-electron chi connectivity index (χ0n) is 47.8. The Balaban J connectivity index is 1.14. The molecule has 2 unspecified atom stereocenters. The normalized spacial score (nSPS) is 15.8.